The van der Waals surface area contributed by atoms with Crippen molar-refractivity contribution in [1.82, 2.24) is 0 Å². The van der Waals surface area contributed by atoms with Crippen LogP contribution in [0.3, 0.4) is 0 Å². The molecule has 0 unspecified atom stereocenters. The average Bonchev–Trinajstić information content (AvgIpc) is 1.60. The van der Waals surface area contributed by atoms with Crippen LogP contribution < -0.4 is 14.5 Å². The number of amides is 1. The minimum Gasteiger partial charge on any atom is -1.00 e. The van der Waals surface area contributed by atoms with Crippen molar-refractivity contribution in [2.24, 2.45) is 0 Å². The number of carbonyl (C=O) groups excluding carboxylic acids is 1. The molecule has 0 bridgehead atoms. The quantitative estimate of drug-likeness (QED) is 0.0544. The molecule has 0 aromatic heterocycles. The minimum absolute atomic E-state index is 0. The second-order valence-electron chi connectivity index (χ2n) is 27.7. The smallest absolute Gasteiger partial charge is 1.00 e. The van der Waals surface area contributed by atoms with Gasteiger partial charge in [-0.05, 0) is 141 Å². The number of likely N-dealkylation sites (N-methyl/N-ethyl adjacent to an activating group) is 1. The van der Waals surface area contributed by atoms with Crippen LogP contribution in [0.4, 0.5) is 66.6 Å². The molecule has 0 saturated heterocycles. The summed E-state index contributed by atoms with van der Waals surface area (Å²) in [4.78, 5) is 16.1. The van der Waals surface area contributed by atoms with Crippen LogP contribution in [0.2, 0.25) is 0 Å². The van der Waals surface area contributed by atoms with Gasteiger partial charge in [-0.15, -0.1) is 0 Å². The first-order valence-electron chi connectivity index (χ1n) is 32.9. The number of hydrogen-bond donors (Lipinski definition) is 0. The van der Waals surface area contributed by atoms with Gasteiger partial charge in [0.15, 0.2) is 17.1 Å². The van der Waals surface area contributed by atoms with Crippen LogP contribution in [0.5, 0.6) is 0 Å². The fourth-order valence-electron chi connectivity index (χ4n) is 14.5. The molecule has 1 amide bonds. The zero-order valence-corrected chi connectivity index (χ0v) is 61.7. The second-order valence-corrected chi connectivity index (χ2v) is 31.0. The summed E-state index contributed by atoms with van der Waals surface area (Å²) < 4.78 is 126. The Hall–Kier alpha value is -9.56. The van der Waals surface area contributed by atoms with E-state index < -0.39 is 25.5 Å². The van der Waals surface area contributed by atoms with Crippen molar-refractivity contribution in [2.75, 3.05) is 38.0 Å². The molecule has 0 atom stereocenters. The van der Waals surface area contributed by atoms with Gasteiger partial charge in [-0.25, -0.2) is 13.0 Å². The zero-order chi connectivity index (χ0) is 75.1. The summed E-state index contributed by atoms with van der Waals surface area (Å²) in [5.74, 6) is -0.00975. The van der Waals surface area contributed by atoms with E-state index in [1.165, 1.54) is 123 Å². The molecule has 0 N–H and O–H groups in total. The Kier molecular flexibility index (Phi) is 22.2. The van der Waals surface area contributed by atoms with Gasteiger partial charge in [-0.3, -0.25) is 22.6 Å². The summed E-state index contributed by atoms with van der Waals surface area (Å²) in [6, 6.07) is 68.1. The first-order chi connectivity index (χ1) is 47.3. The van der Waals surface area contributed by atoms with Crippen LogP contribution in [-0.4, -0.2) is 85.5 Å². The monoisotopic (exact) mass is 1450 g/mol. The third-order valence-electron chi connectivity index (χ3n) is 19.6. The van der Waals surface area contributed by atoms with Crippen LogP contribution in [0.15, 0.2) is 241 Å². The van der Waals surface area contributed by atoms with Gasteiger partial charge in [-0.1, -0.05) is 171 Å². The standard InChI is InChI=1S/C33H33N2.C25H25N2O.C16H18N.C7H8O3S.BF3.F6P.FH/c1-32(2)26-20-18-23-13-8-10-15-25(23)31(26)35(6)28(32)16-11-17-29-33(3,4)30-24-14-9-7-12-22(24)19-21-27(30)34(29)5;1-18(28)27(20-11-6-5-7-12-20)17-16-23-25(2,3)24-21-13-9-8-10-19(21)14-15-22(24)26(23)4;1-11-16(2,3)14-10-9-12-7-5-6-8-13(12)15(14)17(11)4;1-6-2-4-7(5-3-6)11(8,9)10;2-1(3)4;1-7(2,3,4,5)6;/h7-21H,1-6H3;5-17H,1-4H3;5-10H,1-4H3;2-5H,1H3,(H,8,9,10);;;1H/q3*+1;;;-1;/p-2. The van der Waals surface area contributed by atoms with Crippen molar-refractivity contribution >= 4 is 120 Å². The maximum atomic E-state index is 12.2. The molecular weight excluding hydrogens is 1370 g/mol. The second kappa shape index (κ2) is 28.9. The first kappa shape index (κ1) is 79.2. The number of rotatable bonds is 6. The fourth-order valence-corrected chi connectivity index (χ4v) is 14.9. The number of para-hydroxylation sites is 1. The molecule has 22 heteroatoms. The van der Waals surface area contributed by atoms with Crippen LogP contribution in [0.25, 0.3) is 43.1 Å². The Morgan fingerprint density at radius 1 is 0.515 bits per heavy atom. The van der Waals surface area contributed by atoms with Crippen LogP contribution in [0.1, 0.15) is 97.1 Å². The van der Waals surface area contributed by atoms with Crippen molar-refractivity contribution in [3.8, 4) is 0 Å². The normalized spacial score (nSPS) is 16.7. The number of hydrogen-bond acceptors (Lipinski definition) is 5. The summed E-state index contributed by atoms with van der Waals surface area (Å²) in [5, 5.41) is 10.5. The zero-order valence-electron chi connectivity index (χ0n) is 60.0. The molecule has 10 aromatic rings. The number of benzene rings is 10. The predicted molar refractivity (Wildman–Crippen MR) is 402 cm³/mol. The molecule has 10 aromatic carbocycles. The van der Waals surface area contributed by atoms with Gasteiger partial charge in [0.1, 0.15) is 31.3 Å². The van der Waals surface area contributed by atoms with Crippen LogP contribution in [0, 0.1) is 6.92 Å². The van der Waals surface area contributed by atoms with Crippen molar-refractivity contribution in [3.05, 3.63) is 264 Å². The molecule has 103 heavy (non-hydrogen) atoms. The van der Waals surface area contributed by atoms with Gasteiger partial charge in [0.25, 0.3) is 0 Å². The van der Waals surface area contributed by atoms with Gasteiger partial charge in [0.2, 0.25) is 23.0 Å². The topological polar surface area (TPSA) is 89.8 Å². The summed E-state index contributed by atoms with van der Waals surface area (Å²) in [6.45, 7) is 24.1. The molecule has 0 saturated carbocycles. The summed E-state index contributed by atoms with van der Waals surface area (Å²) in [5.41, 5.74) is 17.7. The summed E-state index contributed by atoms with van der Waals surface area (Å²) in [6.07, 6.45) is 10.8. The first-order valence-corrected chi connectivity index (χ1v) is 36.3. The van der Waals surface area contributed by atoms with Gasteiger partial charge in [0, 0.05) is 84.5 Å². The Morgan fingerprint density at radius 2 is 0.922 bits per heavy atom. The molecular formula is C81H83BF10N5O4PS. The van der Waals surface area contributed by atoms with E-state index in [9.17, 15) is 55.9 Å². The van der Waals surface area contributed by atoms with Gasteiger partial charge >= 0.3 is 40.5 Å². The molecule has 4 aliphatic heterocycles. The van der Waals surface area contributed by atoms with Gasteiger partial charge < -0.3 is 14.2 Å². The number of carbonyl (C=O) groups is 1. The van der Waals surface area contributed by atoms with Gasteiger partial charge in [-0.2, -0.15) is 9.15 Å². The van der Waals surface area contributed by atoms with E-state index in [0.717, 1.165) is 11.3 Å². The van der Waals surface area contributed by atoms with Crippen LogP contribution in [-0.2, 0) is 36.6 Å². The van der Waals surface area contributed by atoms with Crippen molar-refractivity contribution in [3.63, 3.8) is 0 Å². The van der Waals surface area contributed by atoms with E-state index >= 15 is 0 Å². The number of halogens is 10. The van der Waals surface area contributed by atoms with Crippen LogP contribution >= 0.6 is 7.81 Å². The molecule has 0 fully saturated rings. The summed E-state index contributed by atoms with van der Waals surface area (Å²) >= 11 is 0. The third kappa shape index (κ3) is 17.2. The predicted octanol–water partition coefficient (Wildman–Crippen LogP) is 19.3. The minimum atomic E-state index is -10.7. The molecule has 0 aliphatic carbocycles. The molecule has 4 heterocycles. The third-order valence-corrected chi connectivity index (χ3v) is 20.4. The van der Waals surface area contributed by atoms with Crippen molar-refractivity contribution in [2.45, 2.75) is 103 Å². The molecule has 14 rings (SSSR count). The Balaban J connectivity index is 0.000000175. The van der Waals surface area contributed by atoms with E-state index in [4.69, 9.17) is 0 Å². The molecule has 540 valence electrons. The Bertz CT molecular complexity index is 5240. The molecule has 9 nitrogen and oxygen atoms in total. The van der Waals surface area contributed by atoms with Gasteiger partial charge in [0.05, 0.1) is 31.9 Å². The Morgan fingerprint density at radius 3 is 1.41 bits per heavy atom. The van der Waals surface area contributed by atoms with E-state index in [-0.39, 0.29) is 37.2 Å². The maximum absolute atomic E-state index is 12.2. The number of anilines is 2. The van der Waals surface area contributed by atoms with E-state index in [1.807, 2.05) is 43.5 Å². The largest absolute Gasteiger partial charge is 1.00 e. The van der Waals surface area contributed by atoms with E-state index in [0.29, 0.717) is 0 Å². The summed E-state index contributed by atoms with van der Waals surface area (Å²) in [7, 11) is -9.91. The van der Waals surface area contributed by atoms with Crippen molar-refractivity contribution in [1.29, 1.82) is 0 Å². The molecule has 4 aliphatic rings. The number of aryl methyl sites for hydroxylation is 1. The number of fused-ring (bicyclic) bond motifs is 12. The Labute approximate surface area is 596 Å². The maximum Gasteiger partial charge on any atom is -1.00 e. The van der Waals surface area contributed by atoms with Crippen molar-refractivity contribution < 1.29 is 74.3 Å². The fraction of sp³-hybridized carbons (Fsp3) is 0.235. The SMILES string of the molecule is CC(=O)N(C=CC1=[N+](C)c2ccc3ccccc3c2C1(C)C)c1ccccc1.CC1=[N+](C)c2c(ccc3ccccc23)C1(C)C.CN1C(=CC=CC2=[N+](C)c3c(ccc4ccccc34)C2(C)C)C(C)(C)c2c1ccc1ccccc21.Cc1ccc(S(=O)(=O)[O-])cc1.FB(F)F.F[P-](F)(F)(F)(F)F.[F-]. The van der Waals surface area contributed by atoms with E-state index in [2.05, 4.69) is 279 Å². The average molecular weight is 1450 g/mol. The van der Waals surface area contributed by atoms with E-state index in [1.54, 1.807) is 24.0 Å². The molecule has 0 radical (unpaired) electrons. The molecule has 0 spiro atoms. The number of allylic oxidation sites excluding steroid dienone is 5. The number of nitrogens with zero attached hydrogens (tertiary/aromatic N) is 5.